The van der Waals surface area contributed by atoms with E-state index >= 15 is 0 Å². The van der Waals surface area contributed by atoms with Crippen molar-refractivity contribution >= 4 is 27.5 Å². The van der Waals surface area contributed by atoms with Crippen molar-refractivity contribution in [3.05, 3.63) is 64.7 Å². The number of hydrogen-bond acceptors (Lipinski definition) is 4. The molecule has 1 unspecified atom stereocenters. The molecule has 2 rings (SSSR count). The van der Waals surface area contributed by atoms with Crippen LogP contribution >= 0.6 is 11.6 Å². The Hall–Kier alpha value is -1.93. The lowest BCUT2D eigenvalue weighted by atomic mass is 9.85. The third kappa shape index (κ3) is 3.09. The van der Waals surface area contributed by atoms with E-state index < -0.39 is 21.5 Å². The minimum atomic E-state index is -3.70. The Morgan fingerprint density at radius 1 is 1.22 bits per heavy atom. The molecule has 1 amide bonds. The Morgan fingerprint density at radius 3 is 2.30 bits per heavy atom. The molecule has 0 aliphatic carbocycles. The molecule has 23 heavy (non-hydrogen) atoms. The fraction of sp³-hybridized carbons (Fsp3) is 0.133. The summed E-state index contributed by atoms with van der Waals surface area (Å²) in [6.45, 7) is 0. The average molecular weight is 355 g/mol. The highest BCUT2D eigenvalue weighted by molar-refractivity contribution is 7.89. The van der Waals surface area contributed by atoms with Crippen LogP contribution in [0.15, 0.2) is 53.4 Å². The fourth-order valence-corrected chi connectivity index (χ4v) is 3.32. The van der Waals surface area contributed by atoms with E-state index in [0.717, 1.165) is 6.07 Å². The van der Waals surface area contributed by atoms with Crippen LogP contribution in [0.3, 0.4) is 0 Å². The van der Waals surface area contributed by atoms with Gasteiger partial charge in [-0.3, -0.25) is 4.79 Å². The van der Waals surface area contributed by atoms with Crippen LogP contribution in [0.5, 0.6) is 0 Å². The summed E-state index contributed by atoms with van der Waals surface area (Å²) in [6, 6.07) is 11.7. The van der Waals surface area contributed by atoms with E-state index in [4.69, 9.17) is 17.3 Å². The van der Waals surface area contributed by atoms with E-state index in [1.807, 2.05) is 0 Å². The molecule has 122 valence electrons. The number of nitrogens with two attached hydrogens (primary N) is 1. The van der Waals surface area contributed by atoms with Crippen molar-refractivity contribution in [1.29, 1.82) is 0 Å². The second-order valence-corrected chi connectivity index (χ2v) is 7.08. The molecule has 0 aliphatic heterocycles. The van der Waals surface area contributed by atoms with Gasteiger partial charge in [0.1, 0.15) is 0 Å². The number of nitrogens with one attached hydrogen (secondary N) is 1. The standard InChI is InChI=1S/C15H15ClN2O4S/c1-18-23(21,22)11-7-8-12(13(16)9-11)15(20,14(17)19)10-5-3-2-4-6-10/h2-9,18,20H,1H3,(H2,17,19). The summed E-state index contributed by atoms with van der Waals surface area (Å²) in [4.78, 5) is 11.8. The topological polar surface area (TPSA) is 109 Å². The maximum atomic E-state index is 11.9. The Balaban J connectivity index is 2.65. The van der Waals surface area contributed by atoms with Gasteiger partial charge in [-0.1, -0.05) is 48.0 Å². The average Bonchev–Trinajstić information content (AvgIpc) is 2.54. The number of carbonyl (C=O) groups excluding carboxylic acids is 1. The summed E-state index contributed by atoms with van der Waals surface area (Å²) >= 11 is 6.11. The van der Waals surface area contributed by atoms with Gasteiger partial charge < -0.3 is 10.8 Å². The van der Waals surface area contributed by atoms with E-state index in [2.05, 4.69) is 4.72 Å². The van der Waals surface area contributed by atoms with Crippen molar-refractivity contribution in [2.75, 3.05) is 7.05 Å². The highest BCUT2D eigenvalue weighted by Crippen LogP contribution is 2.35. The van der Waals surface area contributed by atoms with Crippen LogP contribution in [-0.2, 0) is 20.4 Å². The van der Waals surface area contributed by atoms with E-state index in [1.165, 1.54) is 31.3 Å². The number of halogens is 1. The molecule has 2 aromatic carbocycles. The third-order valence-corrected chi connectivity index (χ3v) is 5.18. The zero-order valence-corrected chi connectivity index (χ0v) is 13.7. The molecule has 4 N–H and O–H groups in total. The SMILES string of the molecule is CNS(=O)(=O)c1ccc(C(O)(C(N)=O)c2ccccc2)c(Cl)c1. The first-order valence-corrected chi connectivity index (χ1v) is 8.41. The zero-order chi connectivity index (χ0) is 17.3. The highest BCUT2D eigenvalue weighted by Gasteiger charge is 2.40. The Kier molecular flexibility index (Phi) is 4.76. The summed E-state index contributed by atoms with van der Waals surface area (Å²) < 4.78 is 25.7. The summed E-state index contributed by atoms with van der Waals surface area (Å²) in [7, 11) is -2.44. The second-order valence-electron chi connectivity index (χ2n) is 4.79. The predicted molar refractivity (Wildman–Crippen MR) is 86.3 cm³/mol. The van der Waals surface area contributed by atoms with E-state index in [0.29, 0.717) is 0 Å². The lowest BCUT2D eigenvalue weighted by Crippen LogP contribution is -2.42. The lowest BCUT2D eigenvalue weighted by Gasteiger charge is -2.26. The fourth-order valence-electron chi connectivity index (χ4n) is 2.18. The normalized spacial score (nSPS) is 14.2. The van der Waals surface area contributed by atoms with Crippen LogP contribution in [0.4, 0.5) is 0 Å². The molecule has 0 heterocycles. The molecule has 0 aliphatic rings. The van der Waals surface area contributed by atoms with Crippen LogP contribution in [0, 0.1) is 0 Å². The van der Waals surface area contributed by atoms with Crippen molar-refractivity contribution in [2.24, 2.45) is 5.73 Å². The van der Waals surface area contributed by atoms with Crippen molar-refractivity contribution in [3.8, 4) is 0 Å². The third-order valence-electron chi connectivity index (χ3n) is 3.46. The van der Waals surface area contributed by atoms with Gasteiger partial charge in [-0.15, -0.1) is 0 Å². The number of amides is 1. The molecule has 0 radical (unpaired) electrons. The molecule has 0 saturated heterocycles. The van der Waals surface area contributed by atoms with Crippen LogP contribution in [0.25, 0.3) is 0 Å². The maximum absolute atomic E-state index is 11.9. The van der Waals surface area contributed by atoms with Crippen molar-refractivity contribution < 1.29 is 18.3 Å². The summed E-state index contributed by atoms with van der Waals surface area (Å²) in [5, 5.41) is 10.7. The molecule has 0 fully saturated rings. The van der Waals surface area contributed by atoms with Gasteiger partial charge in [0.2, 0.25) is 10.0 Å². The van der Waals surface area contributed by atoms with E-state index in [-0.39, 0.29) is 21.0 Å². The Morgan fingerprint density at radius 2 is 1.83 bits per heavy atom. The second kappa shape index (κ2) is 6.29. The van der Waals surface area contributed by atoms with Gasteiger partial charge in [-0.05, 0) is 24.7 Å². The first-order chi connectivity index (χ1) is 10.7. The molecular formula is C15H15ClN2O4S. The van der Waals surface area contributed by atoms with Crippen LogP contribution in [-0.4, -0.2) is 26.5 Å². The van der Waals surface area contributed by atoms with Gasteiger partial charge in [-0.2, -0.15) is 0 Å². The largest absolute Gasteiger partial charge is 0.372 e. The zero-order valence-electron chi connectivity index (χ0n) is 12.2. The first kappa shape index (κ1) is 17.4. The molecule has 0 bridgehead atoms. The lowest BCUT2D eigenvalue weighted by molar-refractivity contribution is -0.133. The quantitative estimate of drug-likeness (QED) is 0.743. The monoisotopic (exact) mass is 354 g/mol. The number of primary amides is 1. The molecule has 0 spiro atoms. The van der Waals surface area contributed by atoms with Crippen LogP contribution < -0.4 is 10.5 Å². The predicted octanol–water partition coefficient (Wildman–Crippen LogP) is 0.969. The van der Waals surface area contributed by atoms with Crippen molar-refractivity contribution in [3.63, 3.8) is 0 Å². The molecule has 8 heteroatoms. The van der Waals surface area contributed by atoms with Gasteiger partial charge in [0.05, 0.1) is 4.90 Å². The summed E-state index contributed by atoms with van der Waals surface area (Å²) in [6.07, 6.45) is 0. The van der Waals surface area contributed by atoms with Gasteiger partial charge in [0, 0.05) is 10.6 Å². The van der Waals surface area contributed by atoms with Crippen LogP contribution in [0.1, 0.15) is 11.1 Å². The molecule has 0 saturated carbocycles. The molecule has 1 atom stereocenters. The number of rotatable bonds is 5. The number of aliphatic hydroxyl groups is 1. The number of sulfonamides is 1. The van der Waals surface area contributed by atoms with Gasteiger partial charge in [0.25, 0.3) is 5.91 Å². The summed E-state index contributed by atoms with van der Waals surface area (Å²) in [5.41, 5.74) is 3.45. The minimum absolute atomic E-state index is 0.00733. The minimum Gasteiger partial charge on any atom is -0.372 e. The molecular weight excluding hydrogens is 340 g/mol. The van der Waals surface area contributed by atoms with Crippen LogP contribution in [0.2, 0.25) is 5.02 Å². The van der Waals surface area contributed by atoms with Crippen molar-refractivity contribution in [2.45, 2.75) is 10.5 Å². The summed E-state index contributed by atoms with van der Waals surface area (Å²) in [5.74, 6) is -1.02. The van der Waals surface area contributed by atoms with Gasteiger partial charge in [-0.25, -0.2) is 13.1 Å². The molecule has 2 aromatic rings. The van der Waals surface area contributed by atoms with Gasteiger partial charge >= 0.3 is 0 Å². The van der Waals surface area contributed by atoms with E-state index in [1.54, 1.807) is 18.2 Å². The number of benzene rings is 2. The number of hydrogen-bond donors (Lipinski definition) is 3. The van der Waals surface area contributed by atoms with E-state index in [9.17, 15) is 18.3 Å². The first-order valence-electron chi connectivity index (χ1n) is 6.55. The molecule has 0 aromatic heterocycles. The van der Waals surface area contributed by atoms with Gasteiger partial charge in [0.15, 0.2) is 5.60 Å². The number of carbonyl (C=O) groups is 1. The maximum Gasteiger partial charge on any atom is 0.258 e. The Labute approximate surface area is 138 Å². The molecule has 6 nitrogen and oxygen atoms in total. The highest BCUT2D eigenvalue weighted by atomic mass is 35.5. The van der Waals surface area contributed by atoms with Crippen molar-refractivity contribution in [1.82, 2.24) is 4.72 Å². The smallest absolute Gasteiger partial charge is 0.258 e. The Bertz CT molecular complexity index is 840.